The number of ether oxygens (including phenoxy) is 1. The molecule has 2 aromatic carbocycles. The highest BCUT2D eigenvalue weighted by atomic mass is 35.5. The van der Waals surface area contributed by atoms with Crippen molar-refractivity contribution in [2.45, 2.75) is 20.8 Å². The first-order chi connectivity index (χ1) is 15.7. The van der Waals surface area contributed by atoms with E-state index in [2.05, 4.69) is 17.1 Å². The molecule has 0 radical (unpaired) electrons. The van der Waals surface area contributed by atoms with Gasteiger partial charge in [-0.3, -0.25) is 9.59 Å². The second kappa shape index (κ2) is 8.75. The van der Waals surface area contributed by atoms with Gasteiger partial charge in [-0.05, 0) is 39.0 Å². The Hall–Kier alpha value is -3.58. The average Bonchev–Trinajstić information content (AvgIpc) is 3.13. The van der Waals surface area contributed by atoms with Crippen LogP contribution in [0.1, 0.15) is 30.0 Å². The third-order valence-electron chi connectivity index (χ3n) is 5.45. The van der Waals surface area contributed by atoms with Crippen LogP contribution >= 0.6 is 11.6 Å². The lowest BCUT2D eigenvalue weighted by Gasteiger charge is -2.27. The molecule has 0 saturated carbocycles. The molecule has 0 unspecified atom stereocenters. The number of anilines is 2. The van der Waals surface area contributed by atoms with Crippen LogP contribution in [0.2, 0.25) is 5.02 Å². The van der Waals surface area contributed by atoms with Gasteiger partial charge in [-0.15, -0.1) is 6.58 Å². The van der Waals surface area contributed by atoms with Gasteiger partial charge in [0.05, 0.1) is 16.1 Å². The Morgan fingerprint density at radius 1 is 1.30 bits per heavy atom. The number of nitrogens with one attached hydrogen (secondary N) is 1. The van der Waals surface area contributed by atoms with Gasteiger partial charge < -0.3 is 19.5 Å². The Balaban J connectivity index is 1.66. The molecule has 0 spiro atoms. The van der Waals surface area contributed by atoms with E-state index in [1.807, 2.05) is 19.9 Å². The molecule has 0 bridgehead atoms. The van der Waals surface area contributed by atoms with Crippen molar-refractivity contribution >= 4 is 34.8 Å². The van der Waals surface area contributed by atoms with Crippen molar-refractivity contribution in [2.24, 2.45) is 5.41 Å². The Labute approximate surface area is 197 Å². The minimum Gasteiger partial charge on any atom is -0.490 e. The Morgan fingerprint density at radius 3 is 2.79 bits per heavy atom. The lowest BCUT2D eigenvalue weighted by Crippen LogP contribution is -2.42. The van der Waals surface area contributed by atoms with E-state index in [1.54, 1.807) is 54.3 Å². The largest absolute Gasteiger partial charge is 0.490 e. The van der Waals surface area contributed by atoms with E-state index in [-0.39, 0.29) is 12.5 Å². The number of halogens is 1. The average molecular weight is 466 g/mol. The van der Waals surface area contributed by atoms with Gasteiger partial charge in [0.1, 0.15) is 29.4 Å². The third-order valence-corrected chi connectivity index (χ3v) is 5.78. The molecule has 33 heavy (non-hydrogen) atoms. The Bertz CT molecular complexity index is 1250. The van der Waals surface area contributed by atoms with Gasteiger partial charge in [0.2, 0.25) is 5.91 Å². The van der Waals surface area contributed by atoms with Crippen LogP contribution in [0.5, 0.6) is 5.75 Å². The van der Waals surface area contributed by atoms with Gasteiger partial charge in [0.15, 0.2) is 0 Å². The summed E-state index contributed by atoms with van der Waals surface area (Å²) in [6.45, 7) is 9.67. The van der Waals surface area contributed by atoms with Crippen LogP contribution in [0.15, 0.2) is 59.6 Å². The van der Waals surface area contributed by atoms with E-state index in [1.165, 1.54) is 0 Å². The summed E-state index contributed by atoms with van der Waals surface area (Å²) in [6.07, 6.45) is 1.67. The van der Waals surface area contributed by atoms with Gasteiger partial charge >= 0.3 is 0 Å². The molecular formula is C25H24ClN3O4. The molecule has 0 aliphatic carbocycles. The van der Waals surface area contributed by atoms with E-state index in [0.29, 0.717) is 51.3 Å². The van der Waals surface area contributed by atoms with E-state index in [0.717, 1.165) is 0 Å². The maximum absolute atomic E-state index is 13.2. The van der Waals surface area contributed by atoms with E-state index in [4.69, 9.17) is 20.9 Å². The Morgan fingerprint density at radius 2 is 2.06 bits per heavy atom. The predicted octanol–water partition coefficient (Wildman–Crippen LogP) is 5.49. The molecule has 0 atom stereocenters. The highest BCUT2D eigenvalue weighted by Gasteiger charge is 2.37. The van der Waals surface area contributed by atoms with Crippen LogP contribution in [0.4, 0.5) is 11.4 Å². The fourth-order valence-electron chi connectivity index (χ4n) is 3.71. The van der Waals surface area contributed by atoms with Crippen molar-refractivity contribution in [3.63, 3.8) is 0 Å². The van der Waals surface area contributed by atoms with Crippen molar-refractivity contribution in [1.29, 1.82) is 0 Å². The smallest absolute Gasteiger partial charge is 0.261 e. The molecule has 1 aliphatic heterocycles. The molecule has 3 aromatic rings. The number of hydrogen-bond acceptors (Lipinski definition) is 5. The number of rotatable bonds is 5. The monoisotopic (exact) mass is 465 g/mol. The van der Waals surface area contributed by atoms with Gasteiger partial charge in [-0.2, -0.15) is 0 Å². The molecule has 2 amide bonds. The number of benzene rings is 2. The third kappa shape index (κ3) is 4.24. The van der Waals surface area contributed by atoms with Crippen molar-refractivity contribution in [2.75, 3.05) is 23.4 Å². The number of amides is 2. The lowest BCUT2D eigenvalue weighted by molar-refractivity contribution is -0.127. The first kappa shape index (κ1) is 22.6. The van der Waals surface area contributed by atoms with Gasteiger partial charge in [0.25, 0.3) is 5.91 Å². The van der Waals surface area contributed by atoms with Crippen LogP contribution in [-0.4, -0.2) is 30.1 Å². The zero-order chi connectivity index (χ0) is 23.8. The van der Waals surface area contributed by atoms with Crippen LogP contribution in [0.25, 0.3) is 11.3 Å². The number of hydrogen-bond donors (Lipinski definition) is 1. The second-order valence-corrected chi connectivity index (χ2v) is 8.86. The van der Waals surface area contributed by atoms with Crippen LogP contribution < -0.4 is 15.0 Å². The fourth-order valence-corrected chi connectivity index (χ4v) is 3.93. The van der Waals surface area contributed by atoms with E-state index in [9.17, 15) is 9.59 Å². The molecule has 0 fully saturated rings. The quantitative estimate of drug-likeness (QED) is 0.503. The predicted molar refractivity (Wildman–Crippen MR) is 128 cm³/mol. The highest BCUT2D eigenvalue weighted by molar-refractivity contribution is 6.33. The maximum atomic E-state index is 13.2. The SMILES string of the molecule is C=CCN1C(=O)C(C)(C)COc2cc(NC(=O)c3c(-c4ccccc4Cl)noc3C)ccc21. The second-order valence-electron chi connectivity index (χ2n) is 8.46. The summed E-state index contributed by atoms with van der Waals surface area (Å²) in [4.78, 5) is 27.8. The number of nitrogens with zero attached hydrogens (tertiary/aromatic N) is 2. The van der Waals surface area contributed by atoms with Gasteiger partial charge in [-0.1, -0.05) is 41.0 Å². The molecule has 8 heteroatoms. The zero-order valence-electron chi connectivity index (χ0n) is 18.6. The first-order valence-corrected chi connectivity index (χ1v) is 10.8. The molecule has 7 nitrogen and oxygen atoms in total. The molecule has 1 N–H and O–H groups in total. The van der Waals surface area contributed by atoms with Gasteiger partial charge in [-0.25, -0.2) is 0 Å². The normalized spacial score (nSPS) is 14.8. The molecule has 1 aromatic heterocycles. The first-order valence-electron chi connectivity index (χ1n) is 10.4. The van der Waals surface area contributed by atoms with Gasteiger partial charge in [0, 0.05) is 23.9 Å². The minimum atomic E-state index is -0.700. The summed E-state index contributed by atoms with van der Waals surface area (Å²) < 4.78 is 11.3. The molecule has 2 heterocycles. The van der Waals surface area contributed by atoms with Crippen molar-refractivity contribution < 1.29 is 18.8 Å². The van der Waals surface area contributed by atoms with Crippen molar-refractivity contribution in [3.8, 4) is 17.0 Å². The Kier molecular flexibility index (Phi) is 5.99. The standard InChI is InChI=1S/C25H24ClN3O4/c1-5-12-29-19-11-10-16(13-20(19)32-14-25(3,4)24(29)31)27-23(30)21-15(2)33-28-22(21)17-8-6-7-9-18(17)26/h5-11,13H,1,12,14H2,2-4H3,(H,27,30). The number of carbonyl (C=O) groups is 2. The summed E-state index contributed by atoms with van der Waals surface area (Å²) in [5.41, 5.74) is 1.70. The van der Waals surface area contributed by atoms with Crippen LogP contribution in [0.3, 0.4) is 0 Å². The fraction of sp³-hybridized carbons (Fsp3) is 0.240. The van der Waals surface area contributed by atoms with Crippen molar-refractivity contribution in [3.05, 3.63) is 71.5 Å². The topological polar surface area (TPSA) is 84.7 Å². The lowest BCUT2D eigenvalue weighted by atomic mass is 9.93. The summed E-state index contributed by atoms with van der Waals surface area (Å²) in [5.74, 6) is 0.430. The maximum Gasteiger partial charge on any atom is 0.261 e. The molecule has 1 aliphatic rings. The number of aromatic nitrogens is 1. The summed E-state index contributed by atoms with van der Waals surface area (Å²) >= 11 is 6.30. The molecule has 170 valence electrons. The molecule has 4 rings (SSSR count). The van der Waals surface area contributed by atoms with Crippen LogP contribution in [0, 0.1) is 12.3 Å². The van der Waals surface area contributed by atoms with E-state index < -0.39 is 11.3 Å². The van der Waals surface area contributed by atoms with Crippen molar-refractivity contribution in [1.82, 2.24) is 5.16 Å². The number of carbonyl (C=O) groups excluding carboxylic acids is 2. The summed E-state index contributed by atoms with van der Waals surface area (Å²) in [5, 5.41) is 7.39. The summed E-state index contributed by atoms with van der Waals surface area (Å²) in [7, 11) is 0. The zero-order valence-corrected chi connectivity index (χ0v) is 19.4. The van der Waals surface area contributed by atoms with Crippen LogP contribution in [-0.2, 0) is 4.79 Å². The molecular weight excluding hydrogens is 442 g/mol. The van der Waals surface area contributed by atoms with E-state index >= 15 is 0 Å². The number of fused-ring (bicyclic) bond motifs is 1. The highest BCUT2D eigenvalue weighted by Crippen LogP contribution is 2.38. The number of aryl methyl sites for hydroxylation is 1. The molecule has 0 saturated heterocycles. The summed E-state index contributed by atoms with van der Waals surface area (Å²) in [6, 6.07) is 12.3. The minimum absolute atomic E-state index is 0.0533.